The quantitative estimate of drug-likeness (QED) is 0.575. The number of nitrogens with one attached hydrogen (secondary N) is 1. The molecule has 0 rings (SSSR count). The second-order valence-corrected chi connectivity index (χ2v) is 2.61. The monoisotopic (exact) mass is 144 g/mol. The fourth-order valence-electron chi connectivity index (χ4n) is 0.586. The van der Waals surface area contributed by atoms with Gasteiger partial charge in [-0.25, -0.2) is 0 Å². The Morgan fingerprint density at radius 3 is 2.70 bits per heavy atom. The van der Waals surface area contributed by atoms with Gasteiger partial charge in [0.05, 0.1) is 6.54 Å². The molecule has 0 heterocycles. The molecule has 1 unspecified atom stereocenters. The van der Waals surface area contributed by atoms with Gasteiger partial charge in [-0.1, -0.05) is 20.3 Å². The smallest absolute Gasteiger partial charge is 0.231 e. The van der Waals surface area contributed by atoms with Crippen molar-refractivity contribution in [2.75, 3.05) is 13.1 Å². The molecular formula is C7H16N2O. The second-order valence-electron chi connectivity index (χ2n) is 2.61. The Labute approximate surface area is 62.0 Å². The van der Waals surface area contributed by atoms with Gasteiger partial charge in [0, 0.05) is 0 Å². The molecule has 0 spiro atoms. The summed E-state index contributed by atoms with van der Waals surface area (Å²) in [6.45, 7) is 5.42. The third-order valence-corrected chi connectivity index (χ3v) is 1.49. The van der Waals surface area contributed by atoms with Crippen LogP contribution in [-0.4, -0.2) is 19.0 Å². The number of primary amides is 1. The first-order chi connectivity index (χ1) is 4.66. The van der Waals surface area contributed by atoms with Crippen molar-refractivity contribution in [1.29, 1.82) is 0 Å². The molecule has 0 radical (unpaired) electrons. The van der Waals surface area contributed by atoms with Gasteiger partial charge in [-0.3, -0.25) is 4.79 Å². The Morgan fingerprint density at radius 1 is 1.70 bits per heavy atom. The molecule has 0 bridgehead atoms. The van der Waals surface area contributed by atoms with Crippen LogP contribution in [0.15, 0.2) is 0 Å². The summed E-state index contributed by atoms with van der Waals surface area (Å²) in [5.74, 6) is 0.336. The van der Waals surface area contributed by atoms with Crippen LogP contribution in [0.2, 0.25) is 0 Å². The fraction of sp³-hybridized carbons (Fsp3) is 0.857. The van der Waals surface area contributed by atoms with E-state index >= 15 is 0 Å². The molecule has 0 fully saturated rings. The summed E-state index contributed by atoms with van der Waals surface area (Å²) >= 11 is 0. The van der Waals surface area contributed by atoms with Gasteiger partial charge in [0.2, 0.25) is 5.91 Å². The maximum atomic E-state index is 10.2. The number of carbonyl (C=O) groups is 1. The number of rotatable bonds is 5. The average Bonchev–Trinajstić information content (AvgIpc) is 1.87. The Kier molecular flexibility index (Phi) is 4.94. The second kappa shape index (κ2) is 5.23. The van der Waals surface area contributed by atoms with Crippen molar-refractivity contribution in [2.24, 2.45) is 11.7 Å². The van der Waals surface area contributed by atoms with E-state index in [1.807, 2.05) is 0 Å². The molecule has 1 amide bonds. The van der Waals surface area contributed by atoms with Crippen molar-refractivity contribution in [3.63, 3.8) is 0 Å². The zero-order valence-electron chi connectivity index (χ0n) is 6.68. The van der Waals surface area contributed by atoms with Gasteiger partial charge in [0.25, 0.3) is 0 Å². The predicted molar refractivity (Wildman–Crippen MR) is 41.5 cm³/mol. The van der Waals surface area contributed by atoms with Crippen LogP contribution in [-0.2, 0) is 4.79 Å². The van der Waals surface area contributed by atoms with Crippen molar-refractivity contribution >= 4 is 5.91 Å². The maximum absolute atomic E-state index is 10.2. The first kappa shape index (κ1) is 9.43. The standard InChI is InChI=1S/C7H16N2O/c1-3-6(2)4-9-5-7(8)10/h6,9H,3-5H2,1-2H3,(H2,8,10). The summed E-state index contributed by atoms with van der Waals surface area (Å²) < 4.78 is 0. The number of hydrogen-bond donors (Lipinski definition) is 2. The summed E-state index contributed by atoms with van der Waals surface area (Å²) in [7, 11) is 0. The summed E-state index contributed by atoms with van der Waals surface area (Å²) in [5, 5.41) is 2.96. The molecule has 3 heteroatoms. The maximum Gasteiger partial charge on any atom is 0.231 e. The highest BCUT2D eigenvalue weighted by Crippen LogP contribution is 1.96. The van der Waals surface area contributed by atoms with E-state index in [2.05, 4.69) is 19.2 Å². The molecular weight excluding hydrogens is 128 g/mol. The Bertz CT molecular complexity index is 104. The first-order valence-electron chi connectivity index (χ1n) is 3.65. The average molecular weight is 144 g/mol. The third-order valence-electron chi connectivity index (χ3n) is 1.49. The lowest BCUT2D eigenvalue weighted by atomic mass is 10.1. The van der Waals surface area contributed by atoms with E-state index in [1.54, 1.807) is 0 Å². The van der Waals surface area contributed by atoms with E-state index < -0.39 is 0 Å². The molecule has 0 aliphatic carbocycles. The number of hydrogen-bond acceptors (Lipinski definition) is 2. The third kappa shape index (κ3) is 5.56. The molecule has 1 atom stereocenters. The minimum atomic E-state index is -0.289. The molecule has 0 aromatic rings. The van der Waals surface area contributed by atoms with Gasteiger partial charge in [0.1, 0.15) is 0 Å². The lowest BCUT2D eigenvalue weighted by Gasteiger charge is -2.07. The molecule has 3 N–H and O–H groups in total. The summed E-state index contributed by atoms with van der Waals surface area (Å²) in [4.78, 5) is 10.2. The molecule has 0 saturated carbocycles. The van der Waals surface area contributed by atoms with Crippen LogP contribution in [0.5, 0.6) is 0 Å². The molecule has 0 saturated heterocycles. The normalized spacial score (nSPS) is 13.0. The minimum absolute atomic E-state index is 0.289. The Hall–Kier alpha value is -0.570. The van der Waals surface area contributed by atoms with E-state index in [9.17, 15) is 4.79 Å². The zero-order chi connectivity index (χ0) is 7.98. The van der Waals surface area contributed by atoms with E-state index in [1.165, 1.54) is 0 Å². The van der Waals surface area contributed by atoms with E-state index in [0.717, 1.165) is 13.0 Å². The molecule has 10 heavy (non-hydrogen) atoms. The molecule has 0 aliphatic rings. The number of amides is 1. The Balaban J connectivity index is 3.11. The van der Waals surface area contributed by atoms with E-state index in [4.69, 9.17) is 5.73 Å². The molecule has 3 nitrogen and oxygen atoms in total. The molecule has 60 valence electrons. The van der Waals surface area contributed by atoms with Crippen LogP contribution >= 0.6 is 0 Å². The van der Waals surface area contributed by atoms with Crippen LogP contribution in [0.1, 0.15) is 20.3 Å². The van der Waals surface area contributed by atoms with Gasteiger partial charge >= 0.3 is 0 Å². The van der Waals surface area contributed by atoms with Crippen LogP contribution in [0.25, 0.3) is 0 Å². The van der Waals surface area contributed by atoms with Gasteiger partial charge in [0.15, 0.2) is 0 Å². The highest BCUT2D eigenvalue weighted by Gasteiger charge is 1.97. The van der Waals surface area contributed by atoms with E-state index in [-0.39, 0.29) is 5.91 Å². The zero-order valence-corrected chi connectivity index (χ0v) is 6.68. The molecule has 0 aliphatic heterocycles. The van der Waals surface area contributed by atoms with Crippen LogP contribution in [0.4, 0.5) is 0 Å². The van der Waals surface area contributed by atoms with Crippen molar-refractivity contribution in [2.45, 2.75) is 20.3 Å². The fourth-order valence-corrected chi connectivity index (χ4v) is 0.586. The summed E-state index contributed by atoms with van der Waals surface area (Å²) in [6, 6.07) is 0. The molecule has 0 aromatic carbocycles. The van der Waals surface area contributed by atoms with Gasteiger partial charge in [-0.15, -0.1) is 0 Å². The SMILES string of the molecule is CCC(C)CNCC(N)=O. The number of carbonyl (C=O) groups excluding carboxylic acids is 1. The van der Waals surface area contributed by atoms with Crippen LogP contribution in [0, 0.1) is 5.92 Å². The van der Waals surface area contributed by atoms with Crippen molar-refractivity contribution in [3.05, 3.63) is 0 Å². The van der Waals surface area contributed by atoms with E-state index in [0.29, 0.717) is 12.5 Å². The van der Waals surface area contributed by atoms with Gasteiger partial charge < -0.3 is 11.1 Å². The summed E-state index contributed by atoms with van der Waals surface area (Å²) in [5.41, 5.74) is 4.92. The Morgan fingerprint density at radius 2 is 2.30 bits per heavy atom. The topological polar surface area (TPSA) is 55.1 Å². The first-order valence-corrected chi connectivity index (χ1v) is 3.65. The highest BCUT2D eigenvalue weighted by molar-refractivity contribution is 5.75. The lowest BCUT2D eigenvalue weighted by Crippen LogP contribution is -2.31. The lowest BCUT2D eigenvalue weighted by molar-refractivity contribution is -0.117. The predicted octanol–water partition coefficient (Wildman–Crippen LogP) is 0.107. The van der Waals surface area contributed by atoms with Crippen molar-refractivity contribution < 1.29 is 4.79 Å². The van der Waals surface area contributed by atoms with Crippen LogP contribution in [0.3, 0.4) is 0 Å². The summed E-state index contributed by atoms with van der Waals surface area (Å²) in [6.07, 6.45) is 1.13. The molecule has 0 aromatic heterocycles. The van der Waals surface area contributed by atoms with Crippen LogP contribution < -0.4 is 11.1 Å². The van der Waals surface area contributed by atoms with Crippen molar-refractivity contribution in [3.8, 4) is 0 Å². The van der Waals surface area contributed by atoms with Crippen molar-refractivity contribution in [1.82, 2.24) is 5.32 Å². The van der Waals surface area contributed by atoms with Gasteiger partial charge in [-0.2, -0.15) is 0 Å². The minimum Gasteiger partial charge on any atom is -0.369 e. The number of nitrogens with two attached hydrogens (primary N) is 1. The largest absolute Gasteiger partial charge is 0.369 e. The highest BCUT2D eigenvalue weighted by atomic mass is 16.1. The van der Waals surface area contributed by atoms with Gasteiger partial charge in [-0.05, 0) is 12.5 Å².